The van der Waals surface area contributed by atoms with E-state index in [0.29, 0.717) is 0 Å². The first kappa shape index (κ1) is 8.51. The Hall–Kier alpha value is -1.59. The monoisotopic (exact) mass is 174 g/mol. The van der Waals surface area contributed by atoms with Gasteiger partial charge in [0.15, 0.2) is 0 Å². The van der Waals surface area contributed by atoms with Crippen molar-refractivity contribution < 1.29 is 29.7 Å². The highest BCUT2D eigenvalue weighted by Gasteiger charge is 2.64. The van der Waals surface area contributed by atoms with Gasteiger partial charge < -0.3 is 15.3 Å². The van der Waals surface area contributed by atoms with E-state index < -0.39 is 35.7 Å². The van der Waals surface area contributed by atoms with Crippen molar-refractivity contribution in [1.82, 2.24) is 0 Å². The number of aliphatic carboxylic acids is 3. The van der Waals surface area contributed by atoms with Crippen LogP contribution in [0.25, 0.3) is 0 Å². The molecule has 1 aliphatic rings. The second-order valence-corrected chi connectivity index (χ2v) is 2.59. The van der Waals surface area contributed by atoms with Crippen molar-refractivity contribution in [3.05, 3.63) is 0 Å². The second-order valence-electron chi connectivity index (χ2n) is 2.59. The third kappa shape index (κ3) is 1.11. The summed E-state index contributed by atoms with van der Waals surface area (Å²) in [5.41, 5.74) is 0. The summed E-state index contributed by atoms with van der Waals surface area (Å²) in [5.74, 6) is -7.89. The molecular formula is C6H6O6. The predicted molar refractivity (Wildman–Crippen MR) is 33.4 cm³/mol. The first-order valence-electron chi connectivity index (χ1n) is 3.15. The number of carboxylic acid groups (broad SMARTS) is 3. The highest BCUT2D eigenvalue weighted by molar-refractivity contribution is 5.95. The molecule has 6 heteroatoms. The Morgan fingerprint density at radius 2 is 0.833 bits per heavy atom. The maximum absolute atomic E-state index is 10.3. The number of hydrogen-bond donors (Lipinski definition) is 3. The van der Waals surface area contributed by atoms with E-state index in [9.17, 15) is 14.4 Å². The molecule has 0 bridgehead atoms. The minimum atomic E-state index is -1.37. The Morgan fingerprint density at radius 1 is 0.667 bits per heavy atom. The van der Waals surface area contributed by atoms with Crippen molar-refractivity contribution in [2.75, 3.05) is 0 Å². The summed E-state index contributed by atoms with van der Waals surface area (Å²) in [4.78, 5) is 30.8. The zero-order valence-corrected chi connectivity index (χ0v) is 5.80. The van der Waals surface area contributed by atoms with E-state index in [1.165, 1.54) is 0 Å². The molecule has 1 rings (SSSR count). The molecule has 3 N–H and O–H groups in total. The van der Waals surface area contributed by atoms with E-state index in [1.807, 2.05) is 0 Å². The Morgan fingerprint density at radius 3 is 0.917 bits per heavy atom. The van der Waals surface area contributed by atoms with E-state index >= 15 is 0 Å². The summed E-state index contributed by atoms with van der Waals surface area (Å²) in [6, 6.07) is 0. The third-order valence-electron chi connectivity index (χ3n) is 1.88. The Balaban J connectivity index is 2.74. The van der Waals surface area contributed by atoms with Crippen LogP contribution in [0.15, 0.2) is 0 Å². The minimum absolute atomic E-state index is 1.26. The van der Waals surface area contributed by atoms with Crippen LogP contribution in [0.3, 0.4) is 0 Å². The molecule has 0 aliphatic heterocycles. The third-order valence-corrected chi connectivity index (χ3v) is 1.88. The molecule has 0 saturated heterocycles. The molecule has 0 amide bonds. The van der Waals surface area contributed by atoms with Gasteiger partial charge in [0.05, 0.1) is 17.8 Å². The number of carbonyl (C=O) groups is 3. The number of hydrogen-bond acceptors (Lipinski definition) is 3. The quantitative estimate of drug-likeness (QED) is 0.511. The molecule has 66 valence electrons. The molecule has 0 aromatic rings. The standard InChI is InChI=1S/C6H6O6/c7-4(8)1-2(5(9)10)3(1)6(11)12/h1-3H,(H,7,8)(H,9,10)(H,11,12). The van der Waals surface area contributed by atoms with Crippen LogP contribution in [0.1, 0.15) is 0 Å². The van der Waals surface area contributed by atoms with Crippen LogP contribution in [-0.2, 0) is 14.4 Å². The first-order valence-corrected chi connectivity index (χ1v) is 3.15. The number of carboxylic acids is 3. The highest BCUT2D eigenvalue weighted by atomic mass is 16.4. The van der Waals surface area contributed by atoms with Gasteiger partial charge in [-0.2, -0.15) is 0 Å². The van der Waals surface area contributed by atoms with E-state index in [2.05, 4.69) is 0 Å². The van der Waals surface area contributed by atoms with E-state index in [-0.39, 0.29) is 0 Å². The van der Waals surface area contributed by atoms with E-state index in [4.69, 9.17) is 15.3 Å². The van der Waals surface area contributed by atoms with Crippen LogP contribution in [-0.4, -0.2) is 33.2 Å². The summed E-state index contributed by atoms with van der Waals surface area (Å²) in [5, 5.41) is 25.1. The van der Waals surface area contributed by atoms with Gasteiger partial charge in [-0.1, -0.05) is 0 Å². The second kappa shape index (κ2) is 2.47. The molecule has 0 spiro atoms. The van der Waals surface area contributed by atoms with Crippen molar-refractivity contribution in [1.29, 1.82) is 0 Å². The van der Waals surface area contributed by atoms with Crippen LogP contribution < -0.4 is 0 Å². The van der Waals surface area contributed by atoms with Crippen LogP contribution in [0, 0.1) is 17.8 Å². The van der Waals surface area contributed by atoms with Gasteiger partial charge >= 0.3 is 17.9 Å². The summed E-state index contributed by atoms with van der Waals surface area (Å²) in [6.45, 7) is 0. The summed E-state index contributed by atoms with van der Waals surface area (Å²) in [6.07, 6.45) is 0. The summed E-state index contributed by atoms with van der Waals surface area (Å²) in [7, 11) is 0. The van der Waals surface area contributed by atoms with Gasteiger partial charge in [-0.25, -0.2) is 0 Å². The van der Waals surface area contributed by atoms with Crippen molar-refractivity contribution >= 4 is 17.9 Å². The lowest BCUT2D eigenvalue weighted by Gasteiger charge is -1.83. The summed E-state index contributed by atoms with van der Waals surface area (Å²) < 4.78 is 0. The van der Waals surface area contributed by atoms with Crippen molar-refractivity contribution in [3.8, 4) is 0 Å². The first-order chi connectivity index (χ1) is 5.46. The fraction of sp³-hybridized carbons (Fsp3) is 0.500. The van der Waals surface area contributed by atoms with Gasteiger partial charge in [0.25, 0.3) is 0 Å². The molecule has 1 aliphatic carbocycles. The zero-order chi connectivity index (χ0) is 9.46. The average molecular weight is 174 g/mol. The molecule has 1 saturated carbocycles. The lowest BCUT2D eigenvalue weighted by Crippen LogP contribution is -2.05. The van der Waals surface area contributed by atoms with Gasteiger partial charge in [-0.05, 0) is 0 Å². The van der Waals surface area contributed by atoms with Gasteiger partial charge in [0, 0.05) is 0 Å². The smallest absolute Gasteiger partial charge is 0.308 e. The molecule has 6 nitrogen and oxygen atoms in total. The van der Waals surface area contributed by atoms with Gasteiger partial charge in [-0.3, -0.25) is 14.4 Å². The fourth-order valence-electron chi connectivity index (χ4n) is 1.23. The van der Waals surface area contributed by atoms with Crippen LogP contribution >= 0.6 is 0 Å². The zero-order valence-electron chi connectivity index (χ0n) is 5.80. The van der Waals surface area contributed by atoms with Crippen molar-refractivity contribution in [2.24, 2.45) is 17.8 Å². The van der Waals surface area contributed by atoms with Crippen LogP contribution in [0.5, 0.6) is 0 Å². The molecular weight excluding hydrogens is 168 g/mol. The van der Waals surface area contributed by atoms with E-state index in [1.54, 1.807) is 0 Å². The maximum Gasteiger partial charge on any atom is 0.308 e. The normalized spacial score (nSPS) is 32.5. The molecule has 0 atom stereocenters. The molecule has 0 heterocycles. The van der Waals surface area contributed by atoms with Crippen LogP contribution in [0.4, 0.5) is 0 Å². The summed E-state index contributed by atoms with van der Waals surface area (Å²) >= 11 is 0. The Kier molecular flexibility index (Phi) is 1.75. The van der Waals surface area contributed by atoms with Crippen molar-refractivity contribution in [3.63, 3.8) is 0 Å². The lowest BCUT2D eigenvalue weighted by atomic mass is 10.3. The number of rotatable bonds is 3. The van der Waals surface area contributed by atoms with E-state index in [0.717, 1.165) is 0 Å². The molecule has 0 aromatic carbocycles. The molecule has 12 heavy (non-hydrogen) atoms. The molecule has 0 radical (unpaired) electrons. The van der Waals surface area contributed by atoms with Crippen LogP contribution in [0.2, 0.25) is 0 Å². The fourth-order valence-corrected chi connectivity index (χ4v) is 1.23. The maximum atomic E-state index is 10.3. The Bertz CT molecular complexity index is 208. The van der Waals surface area contributed by atoms with Gasteiger partial charge in [0.1, 0.15) is 0 Å². The lowest BCUT2D eigenvalue weighted by molar-refractivity contribution is -0.144. The molecule has 1 fully saturated rings. The molecule has 0 aromatic heterocycles. The Labute approximate surface area is 66.4 Å². The van der Waals surface area contributed by atoms with Gasteiger partial charge in [0.2, 0.25) is 0 Å². The topological polar surface area (TPSA) is 112 Å². The predicted octanol–water partition coefficient (Wildman–Crippen LogP) is -0.898. The largest absolute Gasteiger partial charge is 0.481 e. The average Bonchev–Trinajstić information content (AvgIpc) is 2.58. The SMILES string of the molecule is O=C(O)C1C(C(=O)O)C1C(=O)O. The van der Waals surface area contributed by atoms with Crippen molar-refractivity contribution in [2.45, 2.75) is 0 Å². The minimum Gasteiger partial charge on any atom is -0.481 e. The van der Waals surface area contributed by atoms with Gasteiger partial charge in [-0.15, -0.1) is 0 Å². The highest BCUT2D eigenvalue weighted by Crippen LogP contribution is 2.46. The molecule has 0 unspecified atom stereocenters.